The monoisotopic (exact) mass is 269 g/mol. The average molecular weight is 270 g/mol. The maximum atomic E-state index is 13.3. The van der Waals surface area contributed by atoms with E-state index in [1.54, 1.807) is 18.3 Å². The lowest BCUT2D eigenvalue weighted by atomic mass is 10.2. The molecule has 18 heavy (non-hydrogen) atoms. The Labute approximate surface area is 109 Å². The summed E-state index contributed by atoms with van der Waals surface area (Å²) in [6, 6.07) is 4.62. The smallest absolute Gasteiger partial charge is 0.142 e. The highest BCUT2D eigenvalue weighted by Gasteiger charge is 2.11. The number of aliphatic hydroxyl groups is 1. The predicted molar refractivity (Wildman–Crippen MR) is 65.8 cm³/mol. The lowest BCUT2D eigenvalue weighted by Gasteiger charge is -2.04. The number of halogens is 2. The molecule has 0 spiro atoms. The number of rotatable bonds is 4. The number of nitrogens with zero attached hydrogens (tertiary/aromatic N) is 3. The van der Waals surface area contributed by atoms with Crippen molar-refractivity contribution in [1.82, 2.24) is 15.0 Å². The summed E-state index contributed by atoms with van der Waals surface area (Å²) in [6.45, 7) is 2.17. The van der Waals surface area contributed by atoms with Gasteiger partial charge in [0, 0.05) is 0 Å². The van der Waals surface area contributed by atoms with Crippen LogP contribution < -0.4 is 0 Å². The van der Waals surface area contributed by atoms with Gasteiger partial charge in [-0.3, -0.25) is 0 Å². The van der Waals surface area contributed by atoms with E-state index >= 15 is 0 Å². The molecule has 1 aromatic carbocycles. The van der Waals surface area contributed by atoms with Crippen LogP contribution in [-0.4, -0.2) is 20.1 Å². The first-order valence-electron chi connectivity index (χ1n) is 5.62. The minimum absolute atomic E-state index is 0.0885. The van der Waals surface area contributed by atoms with Gasteiger partial charge in [0.25, 0.3) is 0 Å². The first kappa shape index (κ1) is 13.0. The third-order valence-corrected chi connectivity index (χ3v) is 3.07. The summed E-state index contributed by atoms with van der Waals surface area (Å²) in [6.07, 6.45) is 1.58. The maximum absolute atomic E-state index is 13.3. The quantitative estimate of drug-likeness (QED) is 0.928. The molecule has 0 aliphatic heterocycles. The van der Waals surface area contributed by atoms with Crippen LogP contribution >= 0.6 is 11.6 Å². The van der Waals surface area contributed by atoms with Crippen LogP contribution in [0.1, 0.15) is 30.7 Å². The lowest BCUT2D eigenvalue weighted by molar-refractivity contribution is 0.168. The Hall–Kier alpha value is -1.46. The second-order valence-electron chi connectivity index (χ2n) is 3.98. The van der Waals surface area contributed by atoms with Crippen LogP contribution in [0.15, 0.2) is 24.4 Å². The third kappa shape index (κ3) is 2.68. The molecule has 0 fully saturated rings. The van der Waals surface area contributed by atoms with Gasteiger partial charge < -0.3 is 5.11 Å². The Bertz CT molecular complexity index is 544. The summed E-state index contributed by atoms with van der Waals surface area (Å²) in [5, 5.41) is 17.4. The number of aromatic nitrogens is 3. The molecule has 1 atom stereocenters. The Balaban J connectivity index is 2.19. The molecule has 0 aliphatic rings. The SMILES string of the molecule is CCC(O)c1cn(Cc2cccc(F)c2Cl)nn1. The molecule has 0 saturated carbocycles. The molecule has 2 rings (SSSR count). The molecule has 0 amide bonds. The predicted octanol–water partition coefficient (Wildman–Crippen LogP) is 2.56. The Morgan fingerprint density at radius 3 is 3.00 bits per heavy atom. The molecule has 0 saturated heterocycles. The summed E-state index contributed by atoms with van der Waals surface area (Å²) < 4.78 is 14.8. The van der Waals surface area contributed by atoms with Gasteiger partial charge in [-0.05, 0) is 18.1 Å². The average Bonchev–Trinajstić information content (AvgIpc) is 2.82. The van der Waals surface area contributed by atoms with Gasteiger partial charge in [0.15, 0.2) is 0 Å². The number of aliphatic hydroxyl groups excluding tert-OH is 1. The van der Waals surface area contributed by atoms with E-state index in [0.29, 0.717) is 24.2 Å². The van der Waals surface area contributed by atoms with E-state index in [2.05, 4.69) is 10.3 Å². The van der Waals surface area contributed by atoms with Crippen molar-refractivity contribution < 1.29 is 9.50 Å². The Morgan fingerprint density at radius 2 is 2.28 bits per heavy atom. The summed E-state index contributed by atoms with van der Waals surface area (Å²) in [7, 11) is 0. The second kappa shape index (κ2) is 5.46. The topological polar surface area (TPSA) is 50.9 Å². The molecule has 6 heteroatoms. The largest absolute Gasteiger partial charge is 0.387 e. The molecule has 0 radical (unpaired) electrons. The van der Waals surface area contributed by atoms with Gasteiger partial charge in [-0.1, -0.05) is 35.9 Å². The zero-order valence-electron chi connectivity index (χ0n) is 9.85. The zero-order valence-corrected chi connectivity index (χ0v) is 10.6. The van der Waals surface area contributed by atoms with Gasteiger partial charge in [0.1, 0.15) is 11.5 Å². The van der Waals surface area contributed by atoms with Crippen LogP contribution in [0.5, 0.6) is 0 Å². The number of hydrogen-bond donors (Lipinski definition) is 1. The van der Waals surface area contributed by atoms with Crippen LogP contribution in [0.25, 0.3) is 0 Å². The van der Waals surface area contributed by atoms with E-state index in [9.17, 15) is 9.50 Å². The molecule has 1 heterocycles. The molecule has 1 unspecified atom stereocenters. The standard InChI is InChI=1S/C12H13ClFN3O/c1-2-11(18)10-7-17(16-15-10)6-8-4-3-5-9(14)12(8)13/h3-5,7,11,18H,2,6H2,1H3. The van der Waals surface area contributed by atoms with E-state index in [1.807, 2.05) is 6.92 Å². The molecule has 1 N–H and O–H groups in total. The second-order valence-corrected chi connectivity index (χ2v) is 4.36. The van der Waals surface area contributed by atoms with Crippen molar-refractivity contribution in [3.63, 3.8) is 0 Å². The van der Waals surface area contributed by atoms with E-state index in [1.165, 1.54) is 10.7 Å². The van der Waals surface area contributed by atoms with Crippen molar-refractivity contribution in [1.29, 1.82) is 0 Å². The van der Waals surface area contributed by atoms with Crippen molar-refractivity contribution in [2.45, 2.75) is 26.0 Å². The Morgan fingerprint density at radius 1 is 1.50 bits per heavy atom. The van der Waals surface area contributed by atoms with Crippen molar-refractivity contribution in [2.24, 2.45) is 0 Å². The zero-order chi connectivity index (χ0) is 13.1. The minimum atomic E-state index is -0.623. The first-order chi connectivity index (χ1) is 8.61. The molecule has 1 aromatic heterocycles. The van der Waals surface area contributed by atoms with Crippen molar-refractivity contribution in [3.8, 4) is 0 Å². The molecule has 4 nitrogen and oxygen atoms in total. The van der Waals surface area contributed by atoms with Crippen LogP contribution in [0, 0.1) is 5.82 Å². The summed E-state index contributed by atoms with van der Waals surface area (Å²) >= 11 is 5.85. The van der Waals surface area contributed by atoms with Crippen molar-refractivity contribution in [2.75, 3.05) is 0 Å². The molecular weight excluding hydrogens is 257 g/mol. The summed E-state index contributed by atoms with van der Waals surface area (Å²) in [5.74, 6) is -0.455. The fourth-order valence-electron chi connectivity index (χ4n) is 1.60. The molecule has 0 aliphatic carbocycles. The van der Waals surface area contributed by atoms with E-state index in [4.69, 9.17) is 11.6 Å². The summed E-state index contributed by atoms with van der Waals surface area (Å²) in [4.78, 5) is 0. The minimum Gasteiger partial charge on any atom is -0.387 e. The van der Waals surface area contributed by atoms with Crippen LogP contribution in [0.2, 0.25) is 5.02 Å². The highest BCUT2D eigenvalue weighted by Crippen LogP contribution is 2.20. The van der Waals surface area contributed by atoms with Crippen LogP contribution in [0.4, 0.5) is 4.39 Å². The summed E-state index contributed by atoms with van der Waals surface area (Å²) in [5.41, 5.74) is 1.13. The Kier molecular flexibility index (Phi) is 3.93. The highest BCUT2D eigenvalue weighted by molar-refractivity contribution is 6.31. The van der Waals surface area contributed by atoms with Gasteiger partial charge in [0.2, 0.25) is 0 Å². The van der Waals surface area contributed by atoms with Crippen molar-refractivity contribution in [3.05, 3.63) is 46.5 Å². The fraction of sp³-hybridized carbons (Fsp3) is 0.333. The van der Waals surface area contributed by atoms with E-state index in [0.717, 1.165) is 0 Å². The molecule has 0 bridgehead atoms. The molecular formula is C12H13ClFN3O. The molecule has 96 valence electrons. The number of hydrogen-bond acceptors (Lipinski definition) is 3. The van der Waals surface area contributed by atoms with Crippen molar-refractivity contribution >= 4 is 11.6 Å². The normalized spacial score (nSPS) is 12.7. The van der Waals surface area contributed by atoms with E-state index < -0.39 is 11.9 Å². The van der Waals surface area contributed by atoms with E-state index in [-0.39, 0.29) is 5.02 Å². The highest BCUT2D eigenvalue weighted by atomic mass is 35.5. The van der Waals surface area contributed by atoms with Gasteiger partial charge in [-0.15, -0.1) is 5.10 Å². The number of benzene rings is 1. The van der Waals surface area contributed by atoms with Crippen LogP contribution in [0.3, 0.4) is 0 Å². The maximum Gasteiger partial charge on any atom is 0.142 e. The van der Waals surface area contributed by atoms with Gasteiger partial charge in [-0.2, -0.15) is 0 Å². The van der Waals surface area contributed by atoms with Gasteiger partial charge in [0.05, 0.1) is 23.9 Å². The lowest BCUT2D eigenvalue weighted by Crippen LogP contribution is -2.02. The van der Waals surface area contributed by atoms with Gasteiger partial charge in [-0.25, -0.2) is 9.07 Å². The molecule has 2 aromatic rings. The van der Waals surface area contributed by atoms with Gasteiger partial charge >= 0.3 is 0 Å². The first-order valence-corrected chi connectivity index (χ1v) is 6.00. The fourth-order valence-corrected chi connectivity index (χ4v) is 1.78. The van der Waals surface area contributed by atoms with Crippen LogP contribution in [-0.2, 0) is 6.54 Å². The third-order valence-electron chi connectivity index (χ3n) is 2.65.